The van der Waals surface area contributed by atoms with E-state index in [4.69, 9.17) is 4.74 Å². The summed E-state index contributed by atoms with van der Waals surface area (Å²) in [6.45, 7) is 8.91. The summed E-state index contributed by atoms with van der Waals surface area (Å²) in [6, 6.07) is 12.4. The van der Waals surface area contributed by atoms with Crippen molar-refractivity contribution >= 4 is 21.8 Å². The first-order chi connectivity index (χ1) is 16.0. The van der Waals surface area contributed by atoms with Crippen molar-refractivity contribution in [1.82, 2.24) is 14.9 Å². The topological polar surface area (TPSA) is 105 Å². The van der Waals surface area contributed by atoms with Crippen molar-refractivity contribution < 1.29 is 22.7 Å². The lowest BCUT2D eigenvalue weighted by atomic mass is 10.1. The van der Waals surface area contributed by atoms with Gasteiger partial charge in [0.25, 0.3) is 5.91 Å². The Kier molecular flexibility index (Phi) is 8.46. The Bertz CT molecular complexity index is 1120. The highest BCUT2D eigenvalue weighted by Crippen LogP contribution is 2.17. The molecule has 1 fully saturated rings. The van der Waals surface area contributed by atoms with Crippen LogP contribution < -0.4 is 10.0 Å². The second-order valence-corrected chi connectivity index (χ2v) is 10.6. The molecule has 0 saturated carbocycles. The van der Waals surface area contributed by atoms with E-state index in [1.54, 1.807) is 36.1 Å². The number of nitrogens with zero attached hydrogens (tertiary/aromatic N) is 1. The van der Waals surface area contributed by atoms with E-state index in [1.807, 2.05) is 39.0 Å². The summed E-state index contributed by atoms with van der Waals surface area (Å²) in [7, 11) is -3.68. The van der Waals surface area contributed by atoms with Crippen LogP contribution in [0.3, 0.4) is 0 Å². The first-order valence-electron chi connectivity index (χ1n) is 11.4. The molecule has 2 unspecified atom stereocenters. The molecular weight excluding hydrogens is 454 g/mol. The smallest absolute Gasteiger partial charge is 0.254 e. The van der Waals surface area contributed by atoms with Gasteiger partial charge in [0.15, 0.2) is 0 Å². The fraction of sp³-hybridized carbons (Fsp3) is 0.440. The van der Waals surface area contributed by atoms with Crippen LogP contribution in [-0.4, -0.2) is 57.0 Å². The molecule has 1 aliphatic heterocycles. The van der Waals surface area contributed by atoms with E-state index in [0.29, 0.717) is 30.8 Å². The highest BCUT2D eigenvalue weighted by Gasteiger charge is 2.26. The number of aryl methyl sites for hydroxylation is 2. The largest absolute Gasteiger partial charge is 0.372 e. The summed E-state index contributed by atoms with van der Waals surface area (Å²) in [5.74, 6) is -0.297. The van der Waals surface area contributed by atoms with Crippen LogP contribution in [0.25, 0.3) is 0 Å². The molecule has 1 heterocycles. The zero-order chi connectivity index (χ0) is 24.9. The van der Waals surface area contributed by atoms with E-state index in [0.717, 1.165) is 11.1 Å². The average Bonchev–Trinajstić information content (AvgIpc) is 2.78. The molecule has 0 aromatic heterocycles. The average molecular weight is 488 g/mol. The number of benzene rings is 2. The summed E-state index contributed by atoms with van der Waals surface area (Å²) in [6.07, 6.45) is 0.0358. The van der Waals surface area contributed by atoms with Crippen LogP contribution in [0.1, 0.15) is 47.3 Å². The Morgan fingerprint density at radius 2 is 1.68 bits per heavy atom. The molecule has 1 saturated heterocycles. The van der Waals surface area contributed by atoms with Gasteiger partial charge in [-0.15, -0.1) is 0 Å². The number of hydrogen-bond acceptors (Lipinski definition) is 5. The lowest BCUT2D eigenvalue weighted by Gasteiger charge is -2.35. The maximum Gasteiger partial charge on any atom is 0.254 e. The van der Waals surface area contributed by atoms with E-state index in [9.17, 15) is 18.0 Å². The predicted octanol–water partition coefficient (Wildman–Crippen LogP) is 2.54. The second-order valence-electron chi connectivity index (χ2n) is 8.86. The molecule has 0 radical (unpaired) electrons. The van der Waals surface area contributed by atoms with Gasteiger partial charge in [-0.05, 0) is 62.6 Å². The van der Waals surface area contributed by atoms with Gasteiger partial charge in [-0.25, -0.2) is 13.1 Å². The molecule has 0 bridgehead atoms. The van der Waals surface area contributed by atoms with Crippen LogP contribution in [-0.2, 0) is 26.1 Å². The van der Waals surface area contributed by atoms with Crippen LogP contribution in [0.5, 0.6) is 0 Å². The number of amides is 2. The molecule has 184 valence electrons. The van der Waals surface area contributed by atoms with E-state index >= 15 is 0 Å². The van der Waals surface area contributed by atoms with Crippen LogP contribution in [0.2, 0.25) is 0 Å². The van der Waals surface area contributed by atoms with Gasteiger partial charge in [0, 0.05) is 38.2 Å². The Balaban J connectivity index is 1.46. The summed E-state index contributed by atoms with van der Waals surface area (Å²) in [4.78, 5) is 27.0. The monoisotopic (exact) mass is 487 g/mol. The molecule has 34 heavy (non-hydrogen) atoms. The molecule has 0 aliphatic carbocycles. The zero-order valence-electron chi connectivity index (χ0n) is 20.1. The molecule has 2 amide bonds. The van der Waals surface area contributed by atoms with Crippen molar-refractivity contribution in [3.05, 3.63) is 64.7 Å². The standard InChI is InChI=1S/C25H33N3O5S/c1-17-5-6-18(2)23(13-17)34(31,32)27-12-11-24(29)26-14-21-7-9-22(10-8-21)25(30)28-15-19(3)33-20(4)16-28/h5-10,13,19-20,27H,11-12,14-16H2,1-4H3,(H,26,29). The highest BCUT2D eigenvalue weighted by atomic mass is 32.2. The van der Waals surface area contributed by atoms with Crippen molar-refractivity contribution in [2.45, 2.75) is 57.8 Å². The number of hydrogen-bond donors (Lipinski definition) is 2. The van der Waals surface area contributed by atoms with Gasteiger partial charge in [0.05, 0.1) is 17.1 Å². The van der Waals surface area contributed by atoms with Crippen LogP contribution in [0.15, 0.2) is 47.4 Å². The Morgan fingerprint density at radius 3 is 2.32 bits per heavy atom. The quantitative estimate of drug-likeness (QED) is 0.595. The number of nitrogens with one attached hydrogen (secondary N) is 2. The minimum atomic E-state index is -3.68. The number of rotatable bonds is 8. The Labute approximate surface area is 201 Å². The molecular formula is C25H33N3O5S. The summed E-state index contributed by atoms with van der Waals surface area (Å²) in [5.41, 5.74) is 2.95. The van der Waals surface area contributed by atoms with Gasteiger partial charge >= 0.3 is 0 Å². The first-order valence-corrected chi connectivity index (χ1v) is 12.9. The third-order valence-corrected chi connectivity index (χ3v) is 7.28. The number of carbonyl (C=O) groups is 2. The van der Waals surface area contributed by atoms with Crippen LogP contribution in [0, 0.1) is 13.8 Å². The molecule has 2 aromatic carbocycles. The fourth-order valence-corrected chi connectivity index (χ4v) is 5.31. The molecule has 0 spiro atoms. The van der Waals surface area contributed by atoms with Crippen LogP contribution in [0.4, 0.5) is 0 Å². The Hall–Kier alpha value is -2.75. The number of carbonyl (C=O) groups excluding carboxylic acids is 2. The van der Waals surface area contributed by atoms with E-state index in [1.165, 1.54) is 0 Å². The molecule has 2 atom stereocenters. The Morgan fingerprint density at radius 1 is 1.03 bits per heavy atom. The third-order valence-electron chi connectivity index (χ3n) is 5.67. The van der Waals surface area contributed by atoms with Crippen molar-refractivity contribution in [2.24, 2.45) is 0 Å². The number of sulfonamides is 1. The summed E-state index contributed by atoms with van der Waals surface area (Å²) in [5, 5.41) is 2.78. The van der Waals surface area contributed by atoms with E-state index in [2.05, 4.69) is 10.0 Å². The van der Waals surface area contributed by atoms with Crippen molar-refractivity contribution in [3.8, 4) is 0 Å². The van der Waals surface area contributed by atoms with E-state index in [-0.39, 0.29) is 41.9 Å². The van der Waals surface area contributed by atoms with Crippen LogP contribution >= 0.6 is 0 Å². The van der Waals surface area contributed by atoms with Gasteiger partial charge in [0.1, 0.15) is 0 Å². The van der Waals surface area contributed by atoms with Crippen molar-refractivity contribution in [1.29, 1.82) is 0 Å². The second kappa shape index (κ2) is 11.1. The summed E-state index contributed by atoms with van der Waals surface area (Å²) >= 11 is 0. The lowest BCUT2D eigenvalue weighted by Crippen LogP contribution is -2.48. The zero-order valence-corrected chi connectivity index (χ0v) is 20.9. The fourth-order valence-electron chi connectivity index (χ4n) is 3.95. The van der Waals surface area contributed by atoms with Gasteiger partial charge in [-0.3, -0.25) is 9.59 Å². The molecule has 2 N–H and O–H groups in total. The molecule has 1 aliphatic rings. The number of morpholine rings is 1. The highest BCUT2D eigenvalue weighted by molar-refractivity contribution is 7.89. The molecule has 3 rings (SSSR count). The van der Waals surface area contributed by atoms with Gasteiger partial charge in [-0.2, -0.15) is 0 Å². The maximum absolute atomic E-state index is 12.8. The molecule has 2 aromatic rings. The minimum Gasteiger partial charge on any atom is -0.372 e. The first kappa shape index (κ1) is 25.9. The lowest BCUT2D eigenvalue weighted by molar-refractivity contribution is -0.121. The number of ether oxygens (including phenoxy) is 1. The van der Waals surface area contributed by atoms with Gasteiger partial charge < -0.3 is 15.0 Å². The van der Waals surface area contributed by atoms with Gasteiger partial charge in [-0.1, -0.05) is 24.3 Å². The normalized spacial score (nSPS) is 18.5. The van der Waals surface area contributed by atoms with Gasteiger partial charge in [0.2, 0.25) is 15.9 Å². The van der Waals surface area contributed by atoms with Crippen molar-refractivity contribution in [3.63, 3.8) is 0 Å². The molecule has 9 heteroatoms. The predicted molar refractivity (Wildman–Crippen MR) is 130 cm³/mol. The SMILES string of the molecule is Cc1ccc(C)c(S(=O)(=O)NCCC(=O)NCc2ccc(C(=O)N3CC(C)OC(C)C3)cc2)c1. The maximum atomic E-state index is 12.8. The van der Waals surface area contributed by atoms with E-state index < -0.39 is 10.0 Å². The minimum absolute atomic E-state index is 0.00534. The third kappa shape index (κ3) is 6.88. The van der Waals surface area contributed by atoms with Crippen molar-refractivity contribution in [2.75, 3.05) is 19.6 Å². The molecule has 8 nitrogen and oxygen atoms in total. The summed E-state index contributed by atoms with van der Waals surface area (Å²) < 4.78 is 33.2.